The molecular formula is C9H17NO4. The first kappa shape index (κ1) is 11.6. The summed E-state index contributed by atoms with van der Waals surface area (Å²) in [5, 5.41) is 18.3. The Balaban J connectivity index is 2.46. The van der Waals surface area contributed by atoms with Gasteiger partial charge in [-0.2, -0.15) is 0 Å². The average Bonchev–Trinajstić information content (AvgIpc) is 2.17. The van der Waals surface area contributed by atoms with Gasteiger partial charge in [0.15, 0.2) is 6.29 Å². The summed E-state index contributed by atoms with van der Waals surface area (Å²) in [6, 6.07) is -0.368. The number of hydrogen-bond acceptors (Lipinski definition) is 5. The molecule has 0 radical (unpaired) electrons. The molecule has 1 heterocycles. The first-order valence-electron chi connectivity index (χ1n) is 4.61. The zero-order valence-corrected chi connectivity index (χ0v) is 8.00. The van der Waals surface area contributed by atoms with Crippen molar-refractivity contribution >= 4 is 0 Å². The van der Waals surface area contributed by atoms with Crippen LogP contribution in [0.2, 0.25) is 0 Å². The van der Waals surface area contributed by atoms with Crippen LogP contribution in [0.25, 0.3) is 0 Å². The second-order valence-corrected chi connectivity index (χ2v) is 3.31. The Hall–Kier alpha value is -0.460. The largest absolute Gasteiger partial charge is 0.394 e. The van der Waals surface area contributed by atoms with Crippen molar-refractivity contribution in [3.63, 3.8) is 0 Å². The molecule has 1 aliphatic rings. The third-order valence-electron chi connectivity index (χ3n) is 2.16. The highest BCUT2D eigenvalue weighted by Gasteiger charge is 2.35. The average molecular weight is 203 g/mol. The number of aliphatic hydroxyl groups excluding tert-OH is 2. The van der Waals surface area contributed by atoms with Crippen LogP contribution < -0.4 is 5.73 Å². The quantitative estimate of drug-likeness (QED) is 0.509. The third kappa shape index (κ3) is 2.76. The molecule has 1 saturated heterocycles. The highest BCUT2D eigenvalue weighted by atomic mass is 16.7. The van der Waals surface area contributed by atoms with Gasteiger partial charge in [0.25, 0.3) is 0 Å². The SMILES string of the molecule is C=CCO[C@@H]1OC(CO)[C@H](O)CC1N. The van der Waals surface area contributed by atoms with Crippen LogP contribution in [-0.4, -0.2) is 48.0 Å². The Bertz CT molecular complexity index is 188. The van der Waals surface area contributed by atoms with E-state index >= 15 is 0 Å². The van der Waals surface area contributed by atoms with Crippen LogP contribution >= 0.6 is 0 Å². The summed E-state index contributed by atoms with van der Waals surface area (Å²) in [6.07, 6.45) is 0.0546. The highest BCUT2D eigenvalue weighted by molar-refractivity contribution is 4.83. The molecule has 0 aromatic carbocycles. The number of ether oxygens (including phenoxy) is 2. The summed E-state index contributed by atoms with van der Waals surface area (Å²) in [5.41, 5.74) is 5.70. The summed E-state index contributed by atoms with van der Waals surface area (Å²) < 4.78 is 10.5. The molecule has 5 nitrogen and oxygen atoms in total. The smallest absolute Gasteiger partial charge is 0.173 e. The number of aliphatic hydroxyl groups is 2. The molecule has 1 aliphatic heterocycles. The first-order valence-corrected chi connectivity index (χ1v) is 4.61. The van der Waals surface area contributed by atoms with E-state index in [0.29, 0.717) is 13.0 Å². The van der Waals surface area contributed by atoms with Crippen LogP contribution in [0.3, 0.4) is 0 Å². The van der Waals surface area contributed by atoms with Crippen molar-refractivity contribution in [1.29, 1.82) is 0 Å². The molecule has 0 aliphatic carbocycles. The molecule has 14 heavy (non-hydrogen) atoms. The monoisotopic (exact) mass is 203 g/mol. The summed E-state index contributed by atoms with van der Waals surface area (Å²) in [4.78, 5) is 0. The van der Waals surface area contributed by atoms with E-state index in [-0.39, 0.29) is 12.6 Å². The Morgan fingerprint density at radius 2 is 2.36 bits per heavy atom. The molecule has 5 heteroatoms. The second-order valence-electron chi connectivity index (χ2n) is 3.31. The van der Waals surface area contributed by atoms with Crippen molar-refractivity contribution in [3.05, 3.63) is 12.7 Å². The molecule has 4 atom stereocenters. The summed E-state index contributed by atoms with van der Waals surface area (Å²) in [6.45, 7) is 3.61. The van der Waals surface area contributed by atoms with Gasteiger partial charge in [0.05, 0.1) is 25.4 Å². The van der Waals surface area contributed by atoms with Gasteiger partial charge in [-0.15, -0.1) is 6.58 Å². The maximum atomic E-state index is 9.44. The Morgan fingerprint density at radius 3 is 2.93 bits per heavy atom. The Kier molecular flexibility index (Phi) is 4.50. The molecule has 0 aromatic heterocycles. The van der Waals surface area contributed by atoms with Gasteiger partial charge in [0, 0.05) is 0 Å². The van der Waals surface area contributed by atoms with E-state index in [2.05, 4.69) is 6.58 Å². The number of hydrogen-bond donors (Lipinski definition) is 3. The van der Waals surface area contributed by atoms with E-state index in [4.69, 9.17) is 20.3 Å². The Morgan fingerprint density at radius 1 is 1.64 bits per heavy atom. The minimum Gasteiger partial charge on any atom is -0.394 e. The van der Waals surface area contributed by atoms with Crippen molar-refractivity contribution in [1.82, 2.24) is 0 Å². The molecule has 2 unspecified atom stereocenters. The third-order valence-corrected chi connectivity index (χ3v) is 2.16. The maximum Gasteiger partial charge on any atom is 0.173 e. The summed E-state index contributed by atoms with van der Waals surface area (Å²) in [7, 11) is 0. The lowest BCUT2D eigenvalue weighted by atomic mass is 10.0. The molecule has 0 spiro atoms. The second kappa shape index (κ2) is 5.43. The van der Waals surface area contributed by atoms with Gasteiger partial charge >= 0.3 is 0 Å². The van der Waals surface area contributed by atoms with Gasteiger partial charge in [0.1, 0.15) is 6.10 Å². The Labute approximate surface area is 83.1 Å². The van der Waals surface area contributed by atoms with Crippen LogP contribution in [0.15, 0.2) is 12.7 Å². The fourth-order valence-corrected chi connectivity index (χ4v) is 1.40. The normalized spacial score (nSPS) is 38.2. The van der Waals surface area contributed by atoms with Gasteiger partial charge < -0.3 is 25.4 Å². The van der Waals surface area contributed by atoms with Gasteiger partial charge in [0.2, 0.25) is 0 Å². The fraction of sp³-hybridized carbons (Fsp3) is 0.778. The van der Waals surface area contributed by atoms with E-state index in [1.165, 1.54) is 0 Å². The lowest BCUT2D eigenvalue weighted by Gasteiger charge is -2.36. The predicted molar refractivity (Wildman–Crippen MR) is 50.5 cm³/mol. The fourth-order valence-electron chi connectivity index (χ4n) is 1.40. The van der Waals surface area contributed by atoms with Crippen LogP contribution in [0, 0.1) is 0 Å². The standard InChI is InChI=1S/C9H17NO4/c1-2-3-13-9-6(10)4-7(12)8(5-11)14-9/h2,6-9,11-12H,1,3-5,10H2/t6?,7-,8?,9-/m1/s1. The van der Waals surface area contributed by atoms with E-state index in [0.717, 1.165) is 0 Å². The van der Waals surface area contributed by atoms with Gasteiger partial charge in [-0.05, 0) is 6.42 Å². The minimum atomic E-state index is -0.724. The van der Waals surface area contributed by atoms with Crippen molar-refractivity contribution < 1.29 is 19.7 Å². The minimum absolute atomic E-state index is 0.234. The molecule has 1 rings (SSSR count). The number of nitrogens with two attached hydrogens (primary N) is 1. The molecule has 82 valence electrons. The van der Waals surface area contributed by atoms with Gasteiger partial charge in [-0.1, -0.05) is 6.08 Å². The zero-order valence-electron chi connectivity index (χ0n) is 8.00. The predicted octanol–water partition coefficient (Wildman–Crippen LogP) is -1.02. The van der Waals surface area contributed by atoms with E-state index < -0.39 is 18.5 Å². The lowest BCUT2D eigenvalue weighted by Crippen LogP contribution is -2.53. The van der Waals surface area contributed by atoms with Crippen molar-refractivity contribution in [3.8, 4) is 0 Å². The molecule has 4 N–H and O–H groups in total. The van der Waals surface area contributed by atoms with Crippen LogP contribution in [0.5, 0.6) is 0 Å². The molecule has 1 fully saturated rings. The van der Waals surface area contributed by atoms with Crippen molar-refractivity contribution in [2.24, 2.45) is 5.73 Å². The number of rotatable bonds is 4. The maximum absolute atomic E-state index is 9.44. The van der Waals surface area contributed by atoms with Crippen molar-refractivity contribution in [2.45, 2.75) is 31.0 Å². The molecule has 0 aromatic rings. The topological polar surface area (TPSA) is 84.9 Å². The van der Waals surface area contributed by atoms with E-state index in [1.807, 2.05) is 0 Å². The summed E-state index contributed by atoms with van der Waals surface area (Å²) in [5.74, 6) is 0. The highest BCUT2D eigenvalue weighted by Crippen LogP contribution is 2.19. The van der Waals surface area contributed by atoms with Crippen LogP contribution in [0.1, 0.15) is 6.42 Å². The van der Waals surface area contributed by atoms with E-state index in [1.54, 1.807) is 6.08 Å². The van der Waals surface area contributed by atoms with E-state index in [9.17, 15) is 5.11 Å². The molecule has 0 saturated carbocycles. The van der Waals surface area contributed by atoms with Crippen LogP contribution in [0.4, 0.5) is 0 Å². The molecular weight excluding hydrogens is 186 g/mol. The molecule has 0 bridgehead atoms. The zero-order chi connectivity index (χ0) is 10.6. The van der Waals surface area contributed by atoms with Crippen LogP contribution in [-0.2, 0) is 9.47 Å². The van der Waals surface area contributed by atoms with Crippen molar-refractivity contribution in [2.75, 3.05) is 13.2 Å². The van der Waals surface area contributed by atoms with Gasteiger partial charge in [-0.25, -0.2) is 0 Å². The summed E-state index contributed by atoms with van der Waals surface area (Å²) >= 11 is 0. The lowest BCUT2D eigenvalue weighted by molar-refractivity contribution is -0.233. The molecule has 0 amide bonds. The first-order chi connectivity index (χ1) is 6.69. The van der Waals surface area contributed by atoms with Gasteiger partial charge in [-0.3, -0.25) is 0 Å².